The lowest BCUT2D eigenvalue weighted by atomic mass is 9.92. The maximum atomic E-state index is 12.9. The van der Waals surface area contributed by atoms with Crippen molar-refractivity contribution >= 4 is 41.1 Å². The summed E-state index contributed by atoms with van der Waals surface area (Å²) in [5, 5.41) is 5.69. The molecule has 1 heterocycles. The number of amides is 4. The van der Waals surface area contributed by atoms with Crippen molar-refractivity contribution in [2.75, 3.05) is 19.0 Å². The lowest BCUT2D eigenvalue weighted by Gasteiger charge is -2.22. The molecule has 3 rings (SSSR count). The number of hydrogen-bond acceptors (Lipinski definition) is 5. The third kappa shape index (κ3) is 4.07. The van der Waals surface area contributed by atoms with E-state index >= 15 is 0 Å². The second-order valence-electron chi connectivity index (χ2n) is 6.57. The predicted molar refractivity (Wildman–Crippen MR) is 105 cm³/mol. The fourth-order valence-corrected chi connectivity index (χ4v) is 3.13. The van der Waals surface area contributed by atoms with E-state index < -0.39 is 35.9 Å². The Kier molecular flexibility index (Phi) is 5.56. The summed E-state index contributed by atoms with van der Waals surface area (Å²) >= 11 is 5.88. The van der Waals surface area contributed by atoms with E-state index in [2.05, 4.69) is 15.4 Å². The highest BCUT2D eigenvalue weighted by molar-refractivity contribution is 6.30. The number of ether oxygens (including phenoxy) is 1. The van der Waals surface area contributed by atoms with Crippen molar-refractivity contribution in [1.29, 1.82) is 0 Å². The number of hydrogen-bond donors (Lipinski definition) is 2. The predicted octanol–water partition coefficient (Wildman–Crippen LogP) is 2.53. The zero-order valence-electron chi connectivity index (χ0n) is 15.7. The highest BCUT2D eigenvalue weighted by Crippen LogP contribution is 2.29. The summed E-state index contributed by atoms with van der Waals surface area (Å²) in [6, 6.07) is 12.0. The van der Waals surface area contributed by atoms with Crippen LogP contribution in [0.2, 0.25) is 5.02 Å². The van der Waals surface area contributed by atoms with Crippen molar-refractivity contribution in [3.05, 3.63) is 64.7 Å². The van der Waals surface area contributed by atoms with Gasteiger partial charge in [0.1, 0.15) is 12.1 Å². The quantitative estimate of drug-likeness (QED) is 0.576. The number of nitrogens with one attached hydrogen (secondary N) is 2. The first-order valence-electron chi connectivity index (χ1n) is 8.63. The van der Waals surface area contributed by atoms with Gasteiger partial charge >= 0.3 is 12.0 Å². The van der Waals surface area contributed by atoms with E-state index in [4.69, 9.17) is 11.6 Å². The van der Waals surface area contributed by atoms with E-state index in [1.165, 1.54) is 19.2 Å². The zero-order chi connectivity index (χ0) is 21.2. The summed E-state index contributed by atoms with van der Waals surface area (Å²) in [6.07, 6.45) is 0. The fourth-order valence-electron chi connectivity index (χ4n) is 3.01. The topological polar surface area (TPSA) is 105 Å². The summed E-state index contributed by atoms with van der Waals surface area (Å²) in [6.45, 7) is 1.09. The molecule has 9 heteroatoms. The van der Waals surface area contributed by atoms with Crippen molar-refractivity contribution < 1.29 is 23.9 Å². The van der Waals surface area contributed by atoms with E-state index in [0.29, 0.717) is 16.3 Å². The molecular formula is C20H18ClN3O5. The van der Waals surface area contributed by atoms with Gasteiger partial charge in [0.25, 0.3) is 5.91 Å². The molecule has 0 bridgehead atoms. The van der Waals surface area contributed by atoms with Gasteiger partial charge in [0.2, 0.25) is 5.91 Å². The molecule has 0 aliphatic carbocycles. The molecule has 0 radical (unpaired) electrons. The molecule has 1 atom stereocenters. The molecule has 2 aromatic carbocycles. The lowest BCUT2D eigenvalue weighted by Crippen LogP contribution is -2.42. The van der Waals surface area contributed by atoms with E-state index in [-0.39, 0.29) is 5.56 Å². The number of rotatable bonds is 5. The summed E-state index contributed by atoms with van der Waals surface area (Å²) < 4.78 is 4.64. The molecule has 1 fully saturated rings. The smallest absolute Gasteiger partial charge is 0.337 e. The first-order valence-corrected chi connectivity index (χ1v) is 9.01. The van der Waals surface area contributed by atoms with Gasteiger partial charge in [-0.05, 0) is 42.8 Å². The molecule has 0 aromatic heterocycles. The van der Waals surface area contributed by atoms with Crippen LogP contribution in [0, 0.1) is 0 Å². The van der Waals surface area contributed by atoms with Gasteiger partial charge in [-0.2, -0.15) is 0 Å². The van der Waals surface area contributed by atoms with Gasteiger partial charge in [0.05, 0.1) is 12.7 Å². The summed E-state index contributed by atoms with van der Waals surface area (Å²) in [7, 11) is 1.25. The number of imide groups is 1. The normalized spacial score (nSPS) is 18.4. The molecule has 1 saturated heterocycles. The van der Waals surface area contributed by atoms with Crippen LogP contribution < -0.4 is 10.6 Å². The van der Waals surface area contributed by atoms with Gasteiger partial charge in [-0.15, -0.1) is 0 Å². The van der Waals surface area contributed by atoms with Crippen LogP contribution in [0.4, 0.5) is 10.5 Å². The van der Waals surface area contributed by atoms with Crippen LogP contribution in [0.25, 0.3) is 0 Å². The number of methoxy groups -OCH3 is 1. The maximum absolute atomic E-state index is 12.9. The molecule has 150 valence electrons. The van der Waals surface area contributed by atoms with Crippen molar-refractivity contribution in [2.45, 2.75) is 12.5 Å². The number of halogens is 1. The van der Waals surface area contributed by atoms with Crippen LogP contribution in [-0.2, 0) is 19.9 Å². The molecule has 4 amide bonds. The fraction of sp³-hybridized carbons (Fsp3) is 0.200. The Morgan fingerprint density at radius 2 is 1.86 bits per heavy atom. The van der Waals surface area contributed by atoms with E-state index in [1.54, 1.807) is 43.3 Å². The summed E-state index contributed by atoms with van der Waals surface area (Å²) in [4.78, 5) is 50.0. The Hall–Kier alpha value is -3.39. The highest BCUT2D eigenvalue weighted by Gasteiger charge is 2.49. The van der Waals surface area contributed by atoms with Crippen molar-refractivity contribution in [2.24, 2.45) is 0 Å². The first-order chi connectivity index (χ1) is 13.7. The molecule has 1 aliphatic heterocycles. The molecule has 0 spiro atoms. The number of benzene rings is 2. The van der Waals surface area contributed by atoms with E-state index in [0.717, 1.165) is 4.90 Å². The van der Waals surface area contributed by atoms with Crippen LogP contribution in [0.3, 0.4) is 0 Å². The SMILES string of the molecule is COC(=O)c1cccc(NC(=O)CN2C(=O)NC(C)(c3ccc(Cl)cc3)C2=O)c1. The monoisotopic (exact) mass is 415 g/mol. The van der Waals surface area contributed by atoms with E-state index in [9.17, 15) is 19.2 Å². The van der Waals surface area contributed by atoms with Gasteiger partial charge in [-0.25, -0.2) is 9.59 Å². The first kappa shape index (κ1) is 20.3. The van der Waals surface area contributed by atoms with Gasteiger partial charge in [-0.1, -0.05) is 29.8 Å². The molecule has 1 aliphatic rings. The number of nitrogens with zero attached hydrogens (tertiary/aromatic N) is 1. The van der Waals surface area contributed by atoms with Crippen molar-refractivity contribution in [3.8, 4) is 0 Å². The Morgan fingerprint density at radius 1 is 1.17 bits per heavy atom. The number of carbonyl (C=O) groups is 4. The van der Waals surface area contributed by atoms with Crippen LogP contribution in [-0.4, -0.2) is 42.4 Å². The third-order valence-electron chi connectivity index (χ3n) is 4.57. The van der Waals surface area contributed by atoms with Gasteiger partial charge in [0.15, 0.2) is 0 Å². The number of anilines is 1. The van der Waals surface area contributed by atoms with Crippen LogP contribution in [0.1, 0.15) is 22.8 Å². The second-order valence-corrected chi connectivity index (χ2v) is 7.01. The van der Waals surface area contributed by atoms with E-state index in [1.807, 2.05) is 0 Å². The molecule has 2 aromatic rings. The standard InChI is InChI=1S/C20H18ClN3O5/c1-20(13-6-8-14(21)9-7-13)18(27)24(19(28)23-20)11-16(25)22-15-5-3-4-12(10-15)17(26)29-2/h3-10H,11H2,1-2H3,(H,22,25)(H,23,28). The van der Waals surface area contributed by atoms with Crippen LogP contribution in [0.15, 0.2) is 48.5 Å². The minimum absolute atomic E-state index is 0.260. The van der Waals surface area contributed by atoms with Gasteiger partial charge < -0.3 is 15.4 Å². The minimum Gasteiger partial charge on any atom is -0.465 e. The van der Waals surface area contributed by atoms with Crippen molar-refractivity contribution in [1.82, 2.24) is 10.2 Å². The van der Waals surface area contributed by atoms with Crippen LogP contribution in [0.5, 0.6) is 0 Å². The molecular weight excluding hydrogens is 398 g/mol. The minimum atomic E-state index is -1.30. The zero-order valence-corrected chi connectivity index (χ0v) is 16.4. The molecule has 0 saturated carbocycles. The lowest BCUT2D eigenvalue weighted by molar-refractivity contribution is -0.133. The second kappa shape index (κ2) is 7.92. The molecule has 8 nitrogen and oxygen atoms in total. The Balaban J connectivity index is 1.72. The molecule has 29 heavy (non-hydrogen) atoms. The molecule has 2 N–H and O–H groups in total. The van der Waals surface area contributed by atoms with Gasteiger partial charge in [-0.3, -0.25) is 14.5 Å². The average molecular weight is 416 g/mol. The number of carbonyl (C=O) groups excluding carboxylic acids is 4. The van der Waals surface area contributed by atoms with Crippen LogP contribution >= 0.6 is 11.6 Å². The van der Waals surface area contributed by atoms with Gasteiger partial charge in [0, 0.05) is 10.7 Å². The maximum Gasteiger partial charge on any atom is 0.337 e. The van der Waals surface area contributed by atoms with Crippen molar-refractivity contribution in [3.63, 3.8) is 0 Å². The summed E-state index contributed by atoms with van der Waals surface area (Å²) in [5.41, 5.74) is -0.151. The average Bonchev–Trinajstić information content (AvgIpc) is 2.92. The Bertz CT molecular complexity index is 992. The number of esters is 1. The molecule has 1 unspecified atom stereocenters. The summed E-state index contributed by atoms with van der Waals surface area (Å²) in [5.74, 6) is -1.69. The third-order valence-corrected chi connectivity index (χ3v) is 4.82. The largest absolute Gasteiger partial charge is 0.465 e. The number of urea groups is 1. The Labute approximate surface area is 171 Å². The Morgan fingerprint density at radius 3 is 2.52 bits per heavy atom. The highest BCUT2D eigenvalue weighted by atomic mass is 35.5.